The Labute approximate surface area is 198 Å². The third-order valence-corrected chi connectivity index (χ3v) is 5.66. The van der Waals surface area contributed by atoms with Crippen LogP contribution in [0.2, 0.25) is 0 Å². The molecular formula is C26H23F7O2. The van der Waals surface area contributed by atoms with Crippen molar-refractivity contribution in [3.8, 4) is 16.9 Å². The van der Waals surface area contributed by atoms with E-state index in [9.17, 15) is 30.7 Å². The molecule has 0 aromatic heterocycles. The minimum absolute atomic E-state index is 0. The third kappa shape index (κ3) is 5.61. The van der Waals surface area contributed by atoms with Crippen LogP contribution in [-0.4, -0.2) is 6.61 Å². The molecule has 1 aliphatic heterocycles. The quantitative estimate of drug-likeness (QED) is 0.259. The molecule has 0 amide bonds. The van der Waals surface area contributed by atoms with Crippen molar-refractivity contribution in [1.29, 1.82) is 0 Å². The first-order chi connectivity index (χ1) is 16.0. The maximum atomic E-state index is 14.6. The van der Waals surface area contributed by atoms with Crippen LogP contribution in [0.4, 0.5) is 30.7 Å². The van der Waals surface area contributed by atoms with Crippen molar-refractivity contribution in [3.63, 3.8) is 0 Å². The Morgan fingerprint density at radius 1 is 0.800 bits per heavy atom. The summed E-state index contributed by atoms with van der Waals surface area (Å²) < 4.78 is 108. The van der Waals surface area contributed by atoms with Crippen LogP contribution in [0.25, 0.3) is 11.1 Å². The lowest BCUT2D eigenvalue weighted by molar-refractivity contribution is -0.189. The SMILES string of the molecule is C.CC1CCC(c2ccc(-c3cc(F)c(C(F)(F)Oc4cc(F)c(F)c(F)c4)c(F)c3)cc2)OC1. The van der Waals surface area contributed by atoms with Gasteiger partial charge in [0.2, 0.25) is 0 Å². The van der Waals surface area contributed by atoms with Crippen molar-refractivity contribution >= 4 is 0 Å². The molecule has 2 atom stereocenters. The molecule has 0 aliphatic carbocycles. The molecule has 0 bridgehead atoms. The molecule has 1 saturated heterocycles. The molecule has 2 nitrogen and oxygen atoms in total. The van der Waals surface area contributed by atoms with E-state index in [1.165, 1.54) is 0 Å². The van der Waals surface area contributed by atoms with Crippen LogP contribution in [0, 0.1) is 35.0 Å². The van der Waals surface area contributed by atoms with Crippen molar-refractivity contribution in [2.45, 2.75) is 39.4 Å². The number of rotatable bonds is 5. The minimum atomic E-state index is -4.64. The van der Waals surface area contributed by atoms with Gasteiger partial charge in [0.1, 0.15) is 22.9 Å². The van der Waals surface area contributed by atoms with Gasteiger partial charge in [-0.05, 0) is 47.6 Å². The summed E-state index contributed by atoms with van der Waals surface area (Å²) in [5.74, 6) is -9.40. The highest BCUT2D eigenvalue weighted by Crippen LogP contribution is 2.38. The second kappa shape index (κ2) is 10.3. The Morgan fingerprint density at radius 3 is 1.89 bits per heavy atom. The first-order valence-electron chi connectivity index (χ1n) is 10.5. The molecule has 3 aromatic rings. The average Bonchev–Trinajstić information content (AvgIpc) is 2.77. The van der Waals surface area contributed by atoms with Gasteiger partial charge in [0.15, 0.2) is 17.5 Å². The summed E-state index contributed by atoms with van der Waals surface area (Å²) in [6.07, 6.45) is -2.87. The molecule has 1 heterocycles. The van der Waals surface area contributed by atoms with Crippen molar-refractivity contribution in [2.75, 3.05) is 6.61 Å². The average molecular weight is 500 g/mol. The van der Waals surface area contributed by atoms with Gasteiger partial charge in [0, 0.05) is 18.7 Å². The zero-order valence-electron chi connectivity index (χ0n) is 17.9. The van der Waals surface area contributed by atoms with Gasteiger partial charge in [-0.2, -0.15) is 8.78 Å². The van der Waals surface area contributed by atoms with Gasteiger partial charge in [-0.3, -0.25) is 0 Å². The Morgan fingerprint density at radius 2 is 1.37 bits per heavy atom. The van der Waals surface area contributed by atoms with Crippen molar-refractivity contribution in [3.05, 3.63) is 88.7 Å². The number of hydrogen-bond donors (Lipinski definition) is 0. The van der Waals surface area contributed by atoms with E-state index in [0.717, 1.165) is 18.4 Å². The van der Waals surface area contributed by atoms with Crippen LogP contribution < -0.4 is 4.74 Å². The van der Waals surface area contributed by atoms with E-state index in [2.05, 4.69) is 11.7 Å². The van der Waals surface area contributed by atoms with Crippen molar-refractivity contribution < 1.29 is 40.2 Å². The normalized spacial score (nSPS) is 18.2. The van der Waals surface area contributed by atoms with E-state index in [1.54, 1.807) is 24.3 Å². The fourth-order valence-electron chi connectivity index (χ4n) is 3.84. The summed E-state index contributed by atoms with van der Waals surface area (Å²) in [6, 6.07) is 8.39. The minimum Gasteiger partial charge on any atom is -0.429 e. The van der Waals surface area contributed by atoms with Crippen molar-refractivity contribution in [2.24, 2.45) is 5.92 Å². The Balaban J connectivity index is 0.00000342. The lowest BCUT2D eigenvalue weighted by Gasteiger charge is -2.27. The van der Waals surface area contributed by atoms with Gasteiger partial charge in [-0.25, -0.2) is 22.0 Å². The smallest absolute Gasteiger partial charge is 0.429 e. The van der Waals surface area contributed by atoms with Crippen LogP contribution in [0.1, 0.15) is 44.4 Å². The molecule has 9 heteroatoms. The topological polar surface area (TPSA) is 18.5 Å². The van der Waals surface area contributed by atoms with Crippen LogP contribution in [-0.2, 0) is 10.8 Å². The zero-order chi connectivity index (χ0) is 24.6. The molecule has 0 saturated carbocycles. The van der Waals surface area contributed by atoms with Crippen molar-refractivity contribution in [1.82, 2.24) is 0 Å². The Bertz CT molecular complexity index is 1140. The molecule has 0 spiro atoms. The standard InChI is InChI=1S/C25H19F7O2.CH4/c1-13-2-7-22(33-12-13)15-5-3-14(4-6-15)16-8-18(26)23(19(27)9-16)25(31,32)34-17-10-20(28)24(30)21(29)11-17;/h3-6,8-11,13,22H,2,7,12H2,1H3;1H4. The van der Waals surface area contributed by atoms with Gasteiger partial charge in [-0.15, -0.1) is 0 Å². The number of halogens is 7. The second-order valence-electron chi connectivity index (χ2n) is 8.26. The van der Waals surface area contributed by atoms with Crippen LogP contribution in [0.3, 0.4) is 0 Å². The maximum Gasteiger partial charge on any atom is 0.432 e. The summed E-state index contributed by atoms with van der Waals surface area (Å²) in [5.41, 5.74) is -0.475. The van der Waals surface area contributed by atoms with Crippen LogP contribution in [0.15, 0.2) is 48.5 Å². The van der Waals surface area contributed by atoms with E-state index in [1.807, 2.05) is 0 Å². The first-order valence-corrected chi connectivity index (χ1v) is 10.5. The zero-order valence-corrected chi connectivity index (χ0v) is 17.9. The highest BCUT2D eigenvalue weighted by molar-refractivity contribution is 5.64. The van der Waals surface area contributed by atoms with Gasteiger partial charge in [0.05, 0.1) is 6.10 Å². The summed E-state index contributed by atoms with van der Waals surface area (Å²) in [5, 5.41) is 0. The lowest BCUT2D eigenvalue weighted by atomic mass is 9.94. The molecule has 0 radical (unpaired) electrons. The van der Waals surface area contributed by atoms with Crippen LogP contribution >= 0.6 is 0 Å². The fraction of sp³-hybridized carbons (Fsp3) is 0.308. The molecule has 188 valence electrons. The fourth-order valence-corrected chi connectivity index (χ4v) is 3.84. The third-order valence-electron chi connectivity index (χ3n) is 5.66. The Hall–Kier alpha value is -3.07. The molecule has 35 heavy (non-hydrogen) atoms. The number of ether oxygens (including phenoxy) is 2. The molecule has 1 aliphatic rings. The number of benzene rings is 3. The van der Waals surface area contributed by atoms with Crippen LogP contribution in [0.5, 0.6) is 5.75 Å². The predicted molar refractivity (Wildman–Crippen MR) is 116 cm³/mol. The monoisotopic (exact) mass is 500 g/mol. The van der Waals surface area contributed by atoms with E-state index >= 15 is 0 Å². The Kier molecular flexibility index (Phi) is 7.79. The second-order valence-corrected chi connectivity index (χ2v) is 8.26. The van der Waals surface area contributed by atoms with E-state index in [4.69, 9.17) is 4.74 Å². The maximum absolute atomic E-state index is 14.6. The van der Waals surface area contributed by atoms with E-state index in [0.29, 0.717) is 30.2 Å². The van der Waals surface area contributed by atoms with Gasteiger partial charge < -0.3 is 9.47 Å². The molecule has 0 N–H and O–H groups in total. The molecular weight excluding hydrogens is 477 g/mol. The van der Waals surface area contributed by atoms with Gasteiger partial charge in [-0.1, -0.05) is 38.6 Å². The van der Waals surface area contributed by atoms with Gasteiger partial charge >= 0.3 is 6.11 Å². The molecule has 2 unspecified atom stereocenters. The van der Waals surface area contributed by atoms with Gasteiger partial charge in [0.25, 0.3) is 0 Å². The highest BCUT2D eigenvalue weighted by atomic mass is 19.3. The molecule has 4 rings (SSSR count). The summed E-state index contributed by atoms with van der Waals surface area (Å²) in [6.45, 7) is 2.73. The number of alkyl halides is 2. The predicted octanol–water partition coefficient (Wildman–Crippen LogP) is 8.30. The molecule has 3 aromatic carbocycles. The van der Waals surface area contributed by atoms with E-state index < -0.39 is 46.5 Å². The largest absolute Gasteiger partial charge is 0.432 e. The highest BCUT2D eigenvalue weighted by Gasteiger charge is 2.41. The number of hydrogen-bond acceptors (Lipinski definition) is 2. The summed E-state index contributed by atoms with van der Waals surface area (Å²) in [7, 11) is 0. The summed E-state index contributed by atoms with van der Waals surface area (Å²) >= 11 is 0. The first kappa shape index (κ1) is 26.5. The van der Waals surface area contributed by atoms with E-state index in [-0.39, 0.29) is 31.2 Å². The summed E-state index contributed by atoms with van der Waals surface area (Å²) in [4.78, 5) is 0. The lowest BCUT2D eigenvalue weighted by Crippen LogP contribution is -2.25. The molecule has 1 fully saturated rings.